The maximum Gasteiger partial charge on any atom is 0.407 e. The van der Waals surface area contributed by atoms with Crippen LogP contribution in [0.3, 0.4) is 0 Å². The first-order valence-electron chi connectivity index (χ1n) is 12.9. The number of fused-ring (bicyclic) bond motifs is 3. The molecular weight excluding hydrogens is 470 g/mol. The molecule has 1 unspecified atom stereocenters. The molecule has 1 fully saturated rings. The lowest BCUT2D eigenvalue weighted by atomic mass is 9.98. The van der Waals surface area contributed by atoms with Gasteiger partial charge < -0.3 is 20.1 Å². The molecule has 0 saturated carbocycles. The lowest BCUT2D eigenvalue weighted by Crippen LogP contribution is -2.62. The minimum atomic E-state index is -0.758. The number of likely N-dealkylation sites (tertiary alicyclic amines) is 1. The van der Waals surface area contributed by atoms with Crippen molar-refractivity contribution in [2.24, 2.45) is 0 Å². The second-order valence-corrected chi connectivity index (χ2v) is 10.9. The Hall–Kier alpha value is -3.39. The zero-order chi connectivity index (χ0) is 26.7. The number of esters is 1. The van der Waals surface area contributed by atoms with E-state index in [0.29, 0.717) is 13.0 Å². The molecule has 2 aromatic rings. The molecule has 0 aromatic heterocycles. The zero-order valence-electron chi connectivity index (χ0n) is 22.2. The van der Waals surface area contributed by atoms with Gasteiger partial charge in [0.05, 0.1) is 13.2 Å². The number of rotatable bonds is 7. The summed E-state index contributed by atoms with van der Waals surface area (Å²) < 4.78 is 10.7. The fraction of sp³-hybridized carbons (Fsp3) is 0.483. The van der Waals surface area contributed by atoms with E-state index in [-0.39, 0.29) is 24.4 Å². The summed E-state index contributed by atoms with van der Waals surface area (Å²) in [4.78, 5) is 40.6. The lowest BCUT2D eigenvalue weighted by molar-refractivity contribution is -0.148. The highest BCUT2D eigenvalue weighted by atomic mass is 16.5. The third kappa shape index (κ3) is 5.80. The molecule has 1 aliphatic heterocycles. The molecule has 2 amide bonds. The first kappa shape index (κ1) is 26.7. The molecule has 1 heterocycles. The van der Waals surface area contributed by atoms with Gasteiger partial charge in [0.1, 0.15) is 18.7 Å². The number of nitrogens with zero attached hydrogens (tertiary/aromatic N) is 1. The average molecular weight is 508 g/mol. The van der Waals surface area contributed by atoms with Gasteiger partial charge in [0.25, 0.3) is 0 Å². The third-order valence-electron chi connectivity index (χ3n) is 7.05. The first-order valence-corrected chi connectivity index (χ1v) is 12.9. The molecule has 198 valence electrons. The van der Waals surface area contributed by atoms with Crippen molar-refractivity contribution < 1.29 is 23.9 Å². The first-order chi connectivity index (χ1) is 17.6. The highest BCUT2D eigenvalue weighted by molar-refractivity contribution is 5.85. The van der Waals surface area contributed by atoms with Crippen LogP contribution in [0.2, 0.25) is 0 Å². The molecule has 4 rings (SSSR count). The van der Waals surface area contributed by atoms with Gasteiger partial charge >= 0.3 is 12.1 Å². The number of hydrogen-bond donors (Lipinski definition) is 2. The summed E-state index contributed by atoms with van der Waals surface area (Å²) >= 11 is 0. The van der Waals surface area contributed by atoms with Crippen LogP contribution < -0.4 is 10.6 Å². The number of ether oxygens (including phenoxy) is 2. The molecular formula is C29H37N3O5. The molecule has 2 aromatic carbocycles. The van der Waals surface area contributed by atoms with Gasteiger partial charge in [-0.2, -0.15) is 0 Å². The fourth-order valence-electron chi connectivity index (χ4n) is 5.52. The maximum absolute atomic E-state index is 13.4. The van der Waals surface area contributed by atoms with E-state index in [4.69, 9.17) is 9.47 Å². The van der Waals surface area contributed by atoms with Gasteiger partial charge in [-0.3, -0.25) is 14.5 Å². The van der Waals surface area contributed by atoms with Gasteiger partial charge in [0.15, 0.2) is 0 Å². The fourth-order valence-corrected chi connectivity index (χ4v) is 5.52. The van der Waals surface area contributed by atoms with Crippen molar-refractivity contribution in [2.75, 3.05) is 20.3 Å². The standard InChI is InChI=1S/C29H37N3O5/c1-18(25(26(33)31-29(2,3)4)32-16-10-15-24(32)27(34)36-5)30-28(35)37-17-23-21-13-8-6-11-19(21)20-12-7-9-14-22(20)23/h6-9,11-14,18,23-25H,10,15-17H2,1-5H3,(H,30,35)(H,31,33)/t18?,24-,25-/m0/s1. The van der Waals surface area contributed by atoms with Crippen molar-refractivity contribution in [3.8, 4) is 11.1 Å². The van der Waals surface area contributed by atoms with Crippen LogP contribution >= 0.6 is 0 Å². The Morgan fingerprint density at radius 3 is 2.19 bits per heavy atom. The smallest absolute Gasteiger partial charge is 0.407 e. The Kier molecular flexibility index (Phi) is 7.87. The molecule has 0 radical (unpaired) electrons. The number of benzene rings is 2. The molecule has 0 bridgehead atoms. The van der Waals surface area contributed by atoms with Crippen LogP contribution in [0.5, 0.6) is 0 Å². The van der Waals surface area contributed by atoms with E-state index < -0.39 is 29.8 Å². The monoisotopic (exact) mass is 507 g/mol. The summed E-state index contributed by atoms with van der Waals surface area (Å²) in [7, 11) is 1.35. The van der Waals surface area contributed by atoms with Gasteiger partial charge in [0.2, 0.25) is 5.91 Å². The van der Waals surface area contributed by atoms with Gasteiger partial charge in [-0.05, 0) is 69.3 Å². The molecule has 8 nitrogen and oxygen atoms in total. The number of alkyl carbamates (subject to hydrolysis) is 1. The number of carbonyl (C=O) groups is 3. The highest BCUT2D eigenvalue weighted by Gasteiger charge is 2.43. The molecule has 2 aliphatic rings. The van der Waals surface area contributed by atoms with Crippen molar-refractivity contribution >= 4 is 18.0 Å². The van der Waals surface area contributed by atoms with Crippen LogP contribution in [0.25, 0.3) is 11.1 Å². The van der Waals surface area contributed by atoms with Crippen molar-refractivity contribution in [2.45, 2.75) is 70.1 Å². The zero-order valence-corrected chi connectivity index (χ0v) is 22.2. The van der Waals surface area contributed by atoms with Crippen molar-refractivity contribution in [3.05, 3.63) is 59.7 Å². The molecule has 1 saturated heterocycles. The van der Waals surface area contributed by atoms with E-state index >= 15 is 0 Å². The summed E-state index contributed by atoms with van der Waals surface area (Å²) in [5.41, 5.74) is 4.10. The Morgan fingerprint density at radius 2 is 1.62 bits per heavy atom. The predicted octanol–water partition coefficient (Wildman–Crippen LogP) is 3.83. The van der Waals surface area contributed by atoms with Crippen LogP contribution in [0, 0.1) is 0 Å². The minimum absolute atomic E-state index is 0.0595. The largest absolute Gasteiger partial charge is 0.468 e. The Balaban J connectivity index is 1.47. The Labute approximate surface area is 218 Å². The van der Waals surface area contributed by atoms with Crippen LogP contribution in [0.15, 0.2) is 48.5 Å². The SMILES string of the molecule is COC(=O)[C@@H]1CCCN1[C@H](C(=O)NC(C)(C)C)C(C)NC(=O)OCC1c2ccccc2-c2ccccc21. The van der Waals surface area contributed by atoms with Crippen LogP contribution in [-0.2, 0) is 19.1 Å². The molecule has 0 spiro atoms. The predicted molar refractivity (Wildman–Crippen MR) is 141 cm³/mol. The lowest BCUT2D eigenvalue weighted by Gasteiger charge is -2.36. The average Bonchev–Trinajstić information content (AvgIpc) is 3.44. The van der Waals surface area contributed by atoms with E-state index in [9.17, 15) is 14.4 Å². The highest BCUT2D eigenvalue weighted by Crippen LogP contribution is 2.44. The van der Waals surface area contributed by atoms with Crippen LogP contribution in [0.1, 0.15) is 57.6 Å². The van der Waals surface area contributed by atoms with Crippen molar-refractivity contribution in [3.63, 3.8) is 0 Å². The van der Waals surface area contributed by atoms with E-state index in [1.807, 2.05) is 49.9 Å². The molecule has 3 atom stereocenters. The van der Waals surface area contributed by atoms with Gasteiger partial charge in [-0.1, -0.05) is 48.5 Å². The Bertz CT molecular complexity index is 1110. The number of carbonyl (C=O) groups excluding carboxylic acids is 3. The molecule has 8 heteroatoms. The minimum Gasteiger partial charge on any atom is -0.468 e. The molecule has 1 aliphatic carbocycles. The second-order valence-electron chi connectivity index (χ2n) is 10.9. The summed E-state index contributed by atoms with van der Waals surface area (Å²) in [6.45, 7) is 8.19. The number of hydrogen-bond acceptors (Lipinski definition) is 6. The quantitative estimate of drug-likeness (QED) is 0.553. The van der Waals surface area contributed by atoms with E-state index in [2.05, 4.69) is 34.9 Å². The normalized spacial score (nSPS) is 18.9. The van der Waals surface area contributed by atoms with Gasteiger partial charge in [0, 0.05) is 11.5 Å². The summed E-state index contributed by atoms with van der Waals surface area (Å²) in [5.74, 6) is -0.690. The maximum atomic E-state index is 13.4. The van der Waals surface area contributed by atoms with Crippen molar-refractivity contribution in [1.82, 2.24) is 15.5 Å². The van der Waals surface area contributed by atoms with Crippen LogP contribution in [-0.4, -0.2) is 66.8 Å². The van der Waals surface area contributed by atoms with E-state index in [1.54, 1.807) is 6.92 Å². The van der Waals surface area contributed by atoms with Crippen molar-refractivity contribution in [1.29, 1.82) is 0 Å². The number of nitrogens with one attached hydrogen (secondary N) is 2. The van der Waals surface area contributed by atoms with Gasteiger partial charge in [-0.15, -0.1) is 0 Å². The third-order valence-corrected chi connectivity index (χ3v) is 7.05. The topological polar surface area (TPSA) is 97.0 Å². The van der Waals surface area contributed by atoms with E-state index in [1.165, 1.54) is 7.11 Å². The summed E-state index contributed by atoms with van der Waals surface area (Å²) in [5, 5.41) is 5.86. The Morgan fingerprint density at radius 1 is 1.03 bits per heavy atom. The molecule has 2 N–H and O–H groups in total. The number of amides is 2. The second kappa shape index (κ2) is 10.9. The summed E-state index contributed by atoms with van der Waals surface area (Å²) in [6, 6.07) is 14.4. The number of methoxy groups -OCH3 is 1. The summed E-state index contributed by atoms with van der Waals surface area (Å²) in [6.07, 6.45) is 0.761. The van der Waals surface area contributed by atoms with E-state index in [0.717, 1.165) is 28.7 Å². The van der Waals surface area contributed by atoms with Gasteiger partial charge in [-0.25, -0.2) is 4.79 Å². The van der Waals surface area contributed by atoms with Crippen LogP contribution in [0.4, 0.5) is 4.79 Å². The molecule has 37 heavy (non-hydrogen) atoms.